The molecule has 8 heteroatoms. The highest BCUT2D eigenvalue weighted by Gasteiger charge is 2.51. The molecule has 206 valence electrons. The van der Waals surface area contributed by atoms with Gasteiger partial charge >= 0.3 is 0 Å². The van der Waals surface area contributed by atoms with Crippen LogP contribution < -0.4 is 20.1 Å². The third-order valence-corrected chi connectivity index (χ3v) is 9.87. The molecule has 2 N–H and O–H groups in total. The standard InChI is InChI=1S/C30H40FN3O4/c1-29(16-32)11-7-20(8-12-29)38-24-14-21(23(37-3)15-22(24)31)27(35)34-26-19-6-5-18(13-19)25(26)28(36)33-17-30(2)9-4-10-30/h14-15,18-20,25-26H,4-13,17H2,1-3H3,(H,33,36)(H,34,35)/t18-,19+,20-,25+,26-,29+/m1/s1. The minimum atomic E-state index is -0.589. The highest BCUT2D eigenvalue weighted by Crippen LogP contribution is 2.49. The summed E-state index contributed by atoms with van der Waals surface area (Å²) < 4.78 is 26.3. The summed E-state index contributed by atoms with van der Waals surface area (Å²) in [4.78, 5) is 26.8. The third-order valence-electron chi connectivity index (χ3n) is 9.87. The molecule has 4 aliphatic rings. The summed E-state index contributed by atoms with van der Waals surface area (Å²) >= 11 is 0. The summed E-state index contributed by atoms with van der Waals surface area (Å²) in [6.45, 7) is 4.84. The first-order valence-electron chi connectivity index (χ1n) is 14.2. The van der Waals surface area contributed by atoms with Gasteiger partial charge in [-0.2, -0.15) is 5.26 Å². The number of fused-ring (bicyclic) bond motifs is 2. The van der Waals surface area contributed by atoms with Gasteiger partial charge in [0.05, 0.1) is 36.2 Å². The summed E-state index contributed by atoms with van der Waals surface area (Å²) in [5.74, 6) is -0.501. The zero-order valence-corrected chi connectivity index (χ0v) is 22.8. The molecule has 0 radical (unpaired) electrons. The number of nitriles is 1. The van der Waals surface area contributed by atoms with Gasteiger partial charge in [-0.25, -0.2) is 4.39 Å². The van der Waals surface area contributed by atoms with Gasteiger partial charge in [0.2, 0.25) is 5.91 Å². The molecular weight excluding hydrogens is 485 g/mol. The summed E-state index contributed by atoms with van der Waals surface area (Å²) in [5, 5.41) is 15.7. The molecular formula is C30H40FN3O4. The highest BCUT2D eigenvalue weighted by molar-refractivity contribution is 5.98. The first kappa shape index (κ1) is 26.8. The van der Waals surface area contributed by atoms with Crippen molar-refractivity contribution < 1.29 is 23.5 Å². The Kier molecular flexibility index (Phi) is 7.32. The van der Waals surface area contributed by atoms with E-state index >= 15 is 0 Å². The lowest BCUT2D eigenvalue weighted by atomic mass is 9.70. The van der Waals surface area contributed by atoms with Crippen LogP contribution in [0.5, 0.6) is 11.5 Å². The molecule has 4 atom stereocenters. The maximum Gasteiger partial charge on any atom is 0.255 e. The van der Waals surface area contributed by atoms with Crippen LogP contribution in [0.1, 0.15) is 88.4 Å². The minimum absolute atomic E-state index is 0.0116. The van der Waals surface area contributed by atoms with Gasteiger partial charge < -0.3 is 20.1 Å². The van der Waals surface area contributed by atoms with Gasteiger partial charge in [-0.1, -0.05) is 13.3 Å². The Bertz CT molecular complexity index is 1120. The van der Waals surface area contributed by atoms with Crippen LogP contribution in [0, 0.1) is 45.7 Å². The smallest absolute Gasteiger partial charge is 0.255 e. The Hall–Kier alpha value is -2.82. The molecule has 0 aliphatic heterocycles. The van der Waals surface area contributed by atoms with E-state index in [-0.39, 0.29) is 69.6 Å². The van der Waals surface area contributed by atoms with E-state index in [2.05, 4.69) is 23.6 Å². The van der Waals surface area contributed by atoms with Crippen LogP contribution in [0.3, 0.4) is 0 Å². The van der Waals surface area contributed by atoms with E-state index < -0.39 is 5.82 Å². The second kappa shape index (κ2) is 10.4. The van der Waals surface area contributed by atoms with Crippen LogP contribution in [-0.4, -0.2) is 37.6 Å². The van der Waals surface area contributed by atoms with E-state index in [1.165, 1.54) is 25.7 Å². The van der Waals surface area contributed by atoms with E-state index in [1.54, 1.807) is 0 Å². The number of hydrogen-bond donors (Lipinski definition) is 2. The number of benzene rings is 1. The first-order chi connectivity index (χ1) is 18.1. The number of ether oxygens (including phenoxy) is 2. The molecule has 0 aromatic heterocycles. The zero-order chi connectivity index (χ0) is 27.1. The van der Waals surface area contributed by atoms with E-state index in [4.69, 9.17) is 9.47 Å². The lowest BCUT2D eigenvalue weighted by molar-refractivity contribution is -0.128. The van der Waals surface area contributed by atoms with E-state index in [0.717, 1.165) is 32.1 Å². The van der Waals surface area contributed by atoms with E-state index in [1.807, 2.05) is 6.92 Å². The topological polar surface area (TPSA) is 100 Å². The Morgan fingerprint density at radius 3 is 2.42 bits per heavy atom. The fourth-order valence-electron chi connectivity index (χ4n) is 7.09. The molecule has 4 aliphatic carbocycles. The summed E-state index contributed by atoms with van der Waals surface area (Å²) in [5.41, 5.74) is 0.0169. The molecule has 0 saturated heterocycles. The lowest BCUT2D eigenvalue weighted by Crippen LogP contribution is -2.51. The van der Waals surface area contributed by atoms with Crippen LogP contribution in [0.25, 0.3) is 0 Å². The van der Waals surface area contributed by atoms with Crippen LogP contribution in [0.15, 0.2) is 12.1 Å². The highest BCUT2D eigenvalue weighted by atomic mass is 19.1. The maximum absolute atomic E-state index is 14.9. The van der Waals surface area contributed by atoms with E-state index in [0.29, 0.717) is 32.2 Å². The first-order valence-corrected chi connectivity index (χ1v) is 14.2. The SMILES string of the molecule is COc1cc(F)c(O[C@H]2CC[C@@](C)(C#N)CC2)cc1C(=O)N[C@@H]1[C@H]2CC[C@H](C2)[C@@H]1C(=O)NCC1(C)CCC1. The van der Waals surface area contributed by atoms with Crippen LogP contribution in [0.2, 0.25) is 0 Å². The number of amides is 2. The summed E-state index contributed by atoms with van der Waals surface area (Å²) in [7, 11) is 1.41. The Balaban J connectivity index is 1.29. The van der Waals surface area contributed by atoms with Crippen molar-refractivity contribution in [3.63, 3.8) is 0 Å². The number of rotatable bonds is 8. The van der Waals surface area contributed by atoms with Crippen LogP contribution in [-0.2, 0) is 4.79 Å². The molecule has 2 bridgehead atoms. The van der Waals surface area contributed by atoms with Gasteiger partial charge in [0.1, 0.15) is 5.75 Å². The van der Waals surface area contributed by atoms with Crippen molar-refractivity contribution in [1.29, 1.82) is 5.26 Å². The van der Waals surface area contributed by atoms with Crippen LogP contribution in [0.4, 0.5) is 4.39 Å². The second-order valence-electron chi connectivity index (χ2n) is 12.7. The van der Waals surface area contributed by atoms with Crippen molar-refractivity contribution >= 4 is 11.8 Å². The average molecular weight is 526 g/mol. The molecule has 1 aromatic rings. The Morgan fingerprint density at radius 2 is 1.79 bits per heavy atom. The van der Waals surface area contributed by atoms with Gasteiger partial charge in [-0.05, 0) is 88.0 Å². The van der Waals surface area contributed by atoms with Gasteiger partial charge in [0.15, 0.2) is 11.6 Å². The van der Waals surface area contributed by atoms with Crippen molar-refractivity contribution in [3.05, 3.63) is 23.5 Å². The van der Waals surface area contributed by atoms with Crippen molar-refractivity contribution in [1.82, 2.24) is 10.6 Å². The normalized spacial score (nSPS) is 33.1. The molecule has 4 fully saturated rings. The Labute approximate surface area is 224 Å². The quantitative estimate of drug-likeness (QED) is 0.490. The second-order valence-corrected chi connectivity index (χ2v) is 12.7. The molecule has 2 amide bonds. The number of methoxy groups -OCH3 is 1. The molecule has 0 heterocycles. The van der Waals surface area contributed by atoms with Crippen molar-refractivity contribution in [2.24, 2.45) is 28.6 Å². The largest absolute Gasteiger partial charge is 0.496 e. The number of halogens is 1. The average Bonchev–Trinajstić information content (AvgIpc) is 3.50. The van der Waals surface area contributed by atoms with Gasteiger partial charge in [0, 0.05) is 18.7 Å². The number of nitrogens with zero attached hydrogens (tertiary/aromatic N) is 1. The molecule has 0 unspecified atom stereocenters. The summed E-state index contributed by atoms with van der Waals surface area (Å²) in [6.07, 6.45) is 8.89. The molecule has 5 rings (SSSR count). The number of nitrogens with one attached hydrogen (secondary N) is 2. The fraction of sp³-hybridized carbons (Fsp3) is 0.700. The number of hydrogen-bond acceptors (Lipinski definition) is 5. The third kappa shape index (κ3) is 5.21. The molecule has 0 spiro atoms. The molecule has 7 nitrogen and oxygen atoms in total. The molecule has 4 saturated carbocycles. The molecule has 38 heavy (non-hydrogen) atoms. The van der Waals surface area contributed by atoms with Gasteiger partial charge in [0.25, 0.3) is 5.91 Å². The minimum Gasteiger partial charge on any atom is -0.496 e. The lowest BCUT2D eigenvalue weighted by Gasteiger charge is -2.39. The zero-order valence-electron chi connectivity index (χ0n) is 22.8. The monoisotopic (exact) mass is 525 g/mol. The molecule has 1 aromatic carbocycles. The summed E-state index contributed by atoms with van der Waals surface area (Å²) in [6, 6.07) is 4.72. The van der Waals surface area contributed by atoms with Gasteiger partial charge in [-0.3, -0.25) is 9.59 Å². The van der Waals surface area contributed by atoms with Crippen molar-refractivity contribution in [2.45, 2.75) is 90.2 Å². The maximum atomic E-state index is 14.9. The van der Waals surface area contributed by atoms with E-state index in [9.17, 15) is 19.2 Å². The predicted octanol–water partition coefficient (Wildman–Crippen LogP) is 5.14. The van der Waals surface area contributed by atoms with Crippen molar-refractivity contribution in [3.8, 4) is 17.6 Å². The number of carbonyl (C=O) groups is 2. The predicted molar refractivity (Wildman–Crippen MR) is 140 cm³/mol. The fourth-order valence-corrected chi connectivity index (χ4v) is 7.09. The van der Waals surface area contributed by atoms with Crippen molar-refractivity contribution in [2.75, 3.05) is 13.7 Å². The number of carbonyl (C=O) groups excluding carboxylic acids is 2. The van der Waals surface area contributed by atoms with Crippen LogP contribution >= 0.6 is 0 Å². The van der Waals surface area contributed by atoms with Gasteiger partial charge in [-0.15, -0.1) is 0 Å². The Morgan fingerprint density at radius 1 is 1.08 bits per heavy atom.